The van der Waals surface area contributed by atoms with Crippen molar-refractivity contribution in [1.82, 2.24) is 4.90 Å². The zero-order chi connectivity index (χ0) is 10.4. The zero-order valence-corrected chi connectivity index (χ0v) is 9.54. The van der Waals surface area contributed by atoms with E-state index in [1.165, 1.54) is 13.0 Å². The summed E-state index contributed by atoms with van der Waals surface area (Å²) in [5.74, 6) is 0.767. The molecule has 1 fully saturated rings. The van der Waals surface area contributed by atoms with Crippen LogP contribution in [0.15, 0.2) is 0 Å². The normalized spacial score (nSPS) is 26.4. The number of rotatable bonds is 5. The summed E-state index contributed by atoms with van der Waals surface area (Å²) < 4.78 is 5.51. The average molecular weight is 200 g/mol. The minimum absolute atomic E-state index is 0.408. The van der Waals surface area contributed by atoms with E-state index in [1.807, 2.05) is 0 Å². The van der Waals surface area contributed by atoms with Crippen LogP contribution in [0.2, 0.25) is 0 Å². The number of hydrogen-bond donors (Lipinski definition) is 1. The van der Waals surface area contributed by atoms with Gasteiger partial charge in [-0.05, 0) is 32.2 Å². The molecule has 2 N–H and O–H groups in total. The van der Waals surface area contributed by atoms with Crippen LogP contribution in [-0.4, -0.2) is 43.8 Å². The molecular formula is C11H24N2O. The van der Waals surface area contributed by atoms with Crippen molar-refractivity contribution in [2.24, 2.45) is 11.7 Å². The van der Waals surface area contributed by atoms with Gasteiger partial charge in [0.25, 0.3) is 0 Å². The molecule has 0 aromatic rings. The van der Waals surface area contributed by atoms with Gasteiger partial charge in [0.2, 0.25) is 0 Å². The van der Waals surface area contributed by atoms with Crippen molar-refractivity contribution in [3.63, 3.8) is 0 Å². The molecule has 0 aromatic heterocycles. The van der Waals surface area contributed by atoms with Gasteiger partial charge in [-0.15, -0.1) is 0 Å². The summed E-state index contributed by atoms with van der Waals surface area (Å²) in [6, 6.07) is 0. The molecule has 0 radical (unpaired) electrons. The molecule has 3 nitrogen and oxygen atoms in total. The second-order valence-corrected chi connectivity index (χ2v) is 4.48. The molecule has 2 atom stereocenters. The van der Waals surface area contributed by atoms with Gasteiger partial charge in [-0.1, -0.05) is 6.92 Å². The minimum atomic E-state index is 0.408. The van der Waals surface area contributed by atoms with E-state index >= 15 is 0 Å². The maximum absolute atomic E-state index is 5.51. The van der Waals surface area contributed by atoms with E-state index < -0.39 is 0 Å². The van der Waals surface area contributed by atoms with Gasteiger partial charge >= 0.3 is 0 Å². The zero-order valence-electron chi connectivity index (χ0n) is 9.54. The van der Waals surface area contributed by atoms with Crippen LogP contribution in [0.4, 0.5) is 0 Å². The van der Waals surface area contributed by atoms with Gasteiger partial charge in [0.05, 0.1) is 12.7 Å². The average Bonchev–Trinajstić information content (AvgIpc) is 2.15. The van der Waals surface area contributed by atoms with Crippen molar-refractivity contribution < 1.29 is 4.74 Å². The van der Waals surface area contributed by atoms with Crippen LogP contribution in [0.25, 0.3) is 0 Å². The van der Waals surface area contributed by atoms with Gasteiger partial charge in [-0.2, -0.15) is 0 Å². The topological polar surface area (TPSA) is 38.5 Å². The van der Waals surface area contributed by atoms with Crippen molar-refractivity contribution in [2.75, 3.05) is 32.8 Å². The Morgan fingerprint density at radius 3 is 3.00 bits per heavy atom. The lowest BCUT2D eigenvalue weighted by Gasteiger charge is -2.32. The van der Waals surface area contributed by atoms with E-state index in [-0.39, 0.29) is 0 Å². The highest BCUT2D eigenvalue weighted by Crippen LogP contribution is 2.11. The molecular weight excluding hydrogens is 176 g/mol. The van der Waals surface area contributed by atoms with Crippen molar-refractivity contribution >= 4 is 0 Å². The lowest BCUT2D eigenvalue weighted by Crippen LogP contribution is -2.43. The minimum Gasteiger partial charge on any atom is -0.376 e. The van der Waals surface area contributed by atoms with Gasteiger partial charge in [0, 0.05) is 19.6 Å². The van der Waals surface area contributed by atoms with Crippen molar-refractivity contribution in [3.8, 4) is 0 Å². The molecule has 0 bridgehead atoms. The van der Waals surface area contributed by atoms with Crippen LogP contribution in [0.3, 0.4) is 0 Å². The maximum Gasteiger partial charge on any atom is 0.0674 e. The Morgan fingerprint density at radius 1 is 1.57 bits per heavy atom. The molecule has 2 unspecified atom stereocenters. The van der Waals surface area contributed by atoms with Crippen molar-refractivity contribution in [1.29, 1.82) is 0 Å². The first kappa shape index (κ1) is 12.0. The molecule has 0 spiro atoms. The van der Waals surface area contributed by atoms with E-state index in [0.717, 1.165) is 38.6 Å². The van der Waals surface area contributed by atoms with Crippen LogP contribution in [-0.2, 0) is 4.74 Å². The first-order valence-electron chi connectivity index (χ1n) is 5.76. The molecule has 1 aliphatic heterocycles. The Kier molecular flexibility index (Phi) is 5.45. The highest BCUT2D eigenvalue weighted by atomic mass is 16.5. The Bertz CT molecular complexity index is 152. The number of ether oxygens (including phenoxy) is 1. The summed E-state index contributed by atoms with van der Waals surface area (Å²) in [5.41, 5.74) is 5.50. The Hall–Kier alpha value is -0.120. The summed E-state index contributed by atoms with van der Waals surface area (Å²) >= 11 is 0. The van der Waals surface area contributed by atoms with Gasteiger partial charge in [0.1, 0.15) is 0 Å². The second-order valence-electron chi connectivity index (χ2n) is 4.48. The standard InChI is InChI=1S/C11H24N2O/c1-10(4-3-5-12)8-13-6-7-14-11(2)9-13/h10-11H,3-9,12H2,1-2H3. The third-order valence-electron chi connectivity index (χ3n) is 2.80. The molecule has 3 heteroatoms. The predicted octanol–water partition coefficient (Wildman–Crippen LogP) is 1.08. The molecule has 14 heavy (non-hydrogen) atoms. The van der Waals surface area contributed by atoms with Gasteiger partial charge in [-0.3, -0.25) is 4.90 Å². The first-order chi connectivity index (χ1) is 6.72. The van der Waals surface area contributed by atoms with E-state index in [2.05, 4.69) is 18.7 Å². The first-order valence-corrected chi connectivity index (χ1v) is 5.76. The number of hydrogen-bond acceptors (Lipinski definition) is 3. The van der Waals surface area contributed by atoms with E-state index in [4.69, 9.17) is 10.5 Å². The fourth-order valence-corrected chi connectivity index (χ4v) is 2.05. The molecule has 0 aliphatic carbocycles. The summed E-state index contributed by atoms with van der Waals surface area (Å²) in [5, 5.41) is 0. The van der Waals surface area contributed by atoms with Crippen LogP contribution in [0, 0.1) is 5.92 Å². The highest BCUT2D eigenvalue weighted by molar-refractivity contribution is 4.70. The summed E-state index contributed by atoms with van der Waals surface area (Å²) in [6.07, 6.45) is 2.81. The lowest BCUT2D eigenvalue weighted by atomic mass is 10.0. The van der Waals surface area contributed by atoms with E-state index in [9.17, 15) is 0 Å². The number of nitrogens with two attached hydrogens (primary N) is 1. The maximum atomic E-state index is 5.51. The molecule has 84 valence electrons. The van der Waals surface area contributed by atoms with Crippen LogP contribution in [0.1, 0.15) is 26.7 Å². The van der Waals surface area contributed by atoms with Gasteiger partial charge in [-0.25, -0.2) is 0 Å². The Labute approximate surface area is 87.6 Å². The third kappa shape index (κ3) is 4.40. The Morgan fingerprint density at radius 2 is 2.36 bits per heavy atom. The Balaban J connectivity index is 2.15. The van der Waals surface area contributed by atoms with Crippen LogP contribution in [0.5, 0.6) is 0 Å². The van der Waals surface area contributed by atoms with E-state index in [1.54, 1.807) is 0 Å². The summed E-state index contributed by atoms with van der Waals surface area (Å²) in [4.78, 5) is 2.51. The summed E-state index contributed by atoms with van der Waals surface area (Å²) in [7, 11) is 0. The third-order valence-corrected chi connectivity index (χ3v) is 2.80. The molecule has 0 aromatic carbocycles. The second kappa shape index (κ2) is 6.38. The molecule has 1 aliphatic rings. The molecule has 1 rings (SSSR count). The monoisotopic (exact) mass is 200 g/mol. The smallest absolute Gasteiger partial charge is 0.0674 e. The number of morpholine rings is 1. The predicted molar refractivity (Wildman–Crippen MR) is 59.3 cm³/mol. The fraction of sp³-hybridized carbons (Fsp3) is 1.00. The molecule has 1 heterocycles. The summed E-state index contributed by atoms with van der Waals surface area (Å²) in [6.45, 7) is 9.57. The van der Waals surface area contributed by atoms with Gasteiger partial charge in [0.15, 0.2) is 0 Å². The quantitative estimate of drug-likeness (QED) is 0.722. The molecule has 1 saturated heterocycles. The number of nitrogens with zero attached hydrogens (tertiary/aromatic N) is 1. The molecule has 0 amide bonds. The van der Waals surface area contributed by atoms with E-state index in [0.29, 0.717) is 6.10 Å². The van der Waals surface area contributed by atoms with Gasteiger partial charge < -0.3 is 10.5 Å². The highest BCUT2D eigenvalue weighted by Gasteiger charge is 2.17. The van der Waals surface area contributed by atoms with Crippen molar-refractivity contribution in [3.05, 3.63) is 0 Å². The van der Waals surface area contributed by atoms with Crippen LogP contribution >= 0.6 is 0 Å². The van der Waals surface area contributed by atoms with Crippen molar-refractivity contribution in [2.45, 2.75) is 32.8 Å². The molecule has 0 saturated carbocycles. The van der Waals surface area contributed by atoms with Crippen LogP contribution < -0.4 is 5.73 Å². The fourth-order valence-electron chi connectivity index (χ4n) is 2.05. The SMILES string of the molecule is CC(CCCN)CN1CCOC(C)C1. The largest absolute Gasteiger partial charge is 0.376 e. The lowest BCUT2D eigenvalue weighted by molar-refractivity contribution is -0.0226.